The van der Waals surface area contributed by atoms with Gasteiger partial charge < -0.3 is 10.6 Å². The van der Waals surface area contributed by atoms with Crippen LogP contribution in [0.1, 0.15) is 76.8 Å². The summed E-state index contributed by atoms with van der Waals surface area (Å²) in [5, 5.41) is 5.98. The van der Waals surface area contributed by atoms with Crippen molar-refractivity contribution in [3.63, 3.8) is 0 Å². The van der Waals surface area contributed by atoms with Crippen LogP contribution in [0.4, 0.5) is 11.4 Å². The summed E-state index contributed by atoms with van der Waals surface area (Å²) in [5.74, 6) is 1.99. The first-order valence-electron chi connectivity index (χ1n) is 13.8. The summed E-state index contributed by atoms with van der Waals surface area (Å²) in [5.41, 5.74) is 3.63. The number of carbonyl (C=O) groups is 3. The summed E-state index contributed by atoms with van der Waals surface area (Å²) in [7, 11) is 0. The maximum absolute atomic E-state index is 13.2. The van der Waals surface area contributed by atoms with Gasteiger partial charge in [0.15, 0.2) is 5.78 Å². The molecule has 4 aliphatic carbocycles. The molecule has 5 nitrogen and oxygen atoms in total. The molecule has 5 heteroatoms. The van der Waals surface area contributed by atoms with Crippen molar-refractivity contribution in [2.24, 2.45) is 23.2 Å². The van der Waals surface area contributed by atoms with E-state index in [0.717, 1.165) is 23.3 Å². The number of nitrogens with one attached hydrogen (secondary N) is 2. The number of ketones is 1. The molecule has 0 aromatic heterocycles. The summed E-state index contributed by atoms with van der Waals surface area (Å²) in [6.07, 6.45) is 8.22. The predicted octanol–water partition coefficient (Wildman–Crippen LogP) is 7.02. The van der Waals surface area contributed by atoms with Crippen LogP contribution in [0.2, 0.25) is 0 Å². The Balaban J connectivity index is 1.15. The molecule has 194 valence electrons. The number of aryl methyl sites for hydroxylation is 1. The van der Waals surface area contributed by atoms with Crippen molar-refractivity contribution in [1.82, 2.24) is 0 Å². The molecule has 4 saturated carbocycles. The summed E-state index contributed by atoms with van der Waals surface area (Å²) in [4.78, 5) is 39.5. The van der Waals surface area contributed by atoms with Crippen molar-refractivity contribution < 1.29 is 14.4 Å². The maximum atomic E-state index is 13.2. The number of benzene rings is 3. The first kappa shape index (κ1) is 24.6. The number of carbonyl (C=O) groups excluding carboxylic acids is 3. The monoisotopic (exact) mass is 506 g/mol. The SMILES string of the molecule is Cc1ccc(NC(=O)c2cccc(NC(=O)CC34CC5CC(CC(C5)C3)C4)c2)c(C(=O)c2ccccc2)c1. The van der Waals surface area contributed by atoms with E-state index >= 15 is 0 Å². The Hall–Kier alpha value is -3.73. The van der Waals surface area contributed by atoms with Gasteiger partial charge in [-0.3, -0.25) is 14.4 Å². The number of amides is 2. The van der Waals surface area contributed by atoms with Gasteiger partial charge >= 0.3 is 0 Å². The highest BCUT2D eigenvalue weighted by molar-refractivity contribution is 6.15. The zero-order valence-corrected chi connectivity index (χ0v) is 21.8. The highest BCUT2D eigenvalue weighted by atomic mass is 16.2. The zero-order valence-electron chi connectivity index (χ0n) is 21.8. The third kappa shape index (κ3) is 5.02. The van der Waals surface area contributed by atoms with Crippen LogP contribution in [0.5, 0.6) is 0 Å². The van der Waals surface area contributed by atoms with Crippen LogP contribution in [0.25, 0.3) is 0 Å². The second kappa shape index (κ2) is 9.86. The van der Waals surface area contributed by atoms with Crippen molar-refractivity contribution in [3.05, 3.63) is 95.1 Å². The van der Waals surface area contributed by atoms with E-state index in [1.54, 1.807) is 42.5 Å². The number of hydrogen-bond donors (Lipinski definition) is 2. The third-order valence-corrected chi connectivity index (χ3v) is 8.81. The molecule has 4 bridgehead atoms. The Morgan fingerprint density at radius 3 is 2.11 bits per heavy atom. The minimum atomic E-state index is -0.326. The van der Waals surface area contributed by atoms with E-state index in [1.165, 1.54) is 38.5 Å². The van der Waals surface area contributed by atoms with Gasteiger partial charge in [0, 0.05) is 28.8 Å². The second-order valence-electron chi connectivity index (χ2n) is 11.9. The lowest BCUT2D eigenvalue weighted by atomic mass is 9.49. The quantitative estimate of drug-likeness (QED) is 0.338. The third-order valence-electron chi connectivity index (χ3n) is 8.81. The molecule has 0 radical (unpaired) electrons. The van der Waals surface area contributed by atoms with Crippen molar-refractivity contribution in [1.29, 1.82) is 0 Å². The Morgan fingerprint density at radius 2 is 1.42 bits per heavy atom. The Morgan fingerprint density at radius 1 is 0.763 bits per heavy atom. The molecule has 3 aromatic rings. The normalized spacial score (nSPS) is 25.1. The minimum Gasteiger partial charge on any atom is -0.326 e. The van der Waals surface area contributed by atoms with Gasteiger partial charge in [-0.1, -0.05) is 48.0 Å². The van der Waals surface area contributed by atoms with E-state index in [4.69, 9.17) is 0 Å². The fraction of sp³-hybridized carbons (Fsp3) is 0.364. The van der Waals surface area contributed by atoms with Gasteiger partial charge in [0.1, 0.15) is 0 Å². The maximum Gasteiger partial charge on any atom is 0.255 e. The van der Waals surface area contributed by atoms with E-state index in [1.807, 2.05) is 37.3 Å². The lowest BCUT2D eigenvalue weighted by Crippen LogP contribution is -2.47. The fourth-order valence-electron chi connectivity index (χ4n) is 7.68. The van der Waals surface area contributed by atoms with Gasteiger partial charge in [-0.25, -0.2) is 0 Å². The fourth-order valence-corrected chi connectivity index (χ4v) is 7.68. The average molecular weight is 507 g/mol. The molecular formula is C33H34N2O3. The minimum absolute atomic E-state index is 0.0405. The van der Waals surface area contributed by atoms with Crippen LogP contribution >= 0.6 is 0 Å². The van der Waals surface area contributed by atoms with Gasteiger partial charge in [0.25, 0.3) is 5.91 Å². The number of rotatable bonds is 7. The Kier molecular flexibility index (Phi) is 6.38. The molecule has 4 aliphatic rings. The highest BCUT2D eigenvalue weighted by Gasteiger charge is 2.51. The standard InChI is InChI=1S/C33H34N2O3/c1-21-10-11-29(28(12-21)31(37)25-6-3-2-4-7-25)35-32(38)26-8-5-9-27(16-26)34-30(36)20-33-17-22-13-23(18-33)15-24(14-22)19-33/h2-12,16,22-24H,13-15,17-20H2,1H3,(H,34,36)(H,35,38). The summed E-state index contributed by atoms with van der Waals surface area (Å²) >= 11 is 0. The molecule has 0 spiro atoms. The van der Waals surface area contributed by atoms with Crippen LogP contribution < -0.4 is 10.6 Å². The van der Waals surface area contributed by atoms with Gasteiger partial charge in [-0.05, 0) is 98.9 Å². The van der Waals surface area contributed by atoms with Crippen molar-refractivity contribution in [2.75, 3.05) is 10.6 Å². The molecule has 3 aromatic carbocycles. The molecule has 0 aliphatic heterocycles. The first-order chi connectivity index (χ1) is 18.4. The van der Waals surface area contributed by atoms with Crippen molar-refractivity contribution in [3.8, 4) is 0 Å². The Labute approximate surface area is 224 Å². The molecule has 0 unspecified atom stereocenters. The zero-order chi connectivity index (χ0) is 26.3. The molecule has 0 atom stereocenters. The highest BCUT2D eigenvalue weighted by Crippen LogP contribution is 2.61. The Bertz CT molecular complexity index is 1360. The van der Waals surface area contributed by atoms with E-state index < -0.39 is 0 Å². The molecule has 0 heterocycles. The van der Waals surface area contributed by atoms with Crippen LogP contribution in [0.3, 0.4) is 0 Å². The molecule has 4 fully saturated rings. The largest absolute Gasteiger partial charge is 0.326 e. The summed E-state index contributed by atoms with van der Waals surface area (Å²) < 4.78 is 0. The smallest absolute Gasteiger partial charge is 0.255 e. The molecule has 7 rings (SSSR count). The average Bonchev–Trinajstić information content (AvgIpc) is 2.88. The molecule has 2 N–H and O–H groups in total. The second-order valence-corrected chi connectivity index (χ2v) is 11.9. The molecule has 0 saturated heterocycles. The van der Waals surface area contributed by atoms with E-state index in [-0.39, 0.29) is 23.0 Å². The molecule has 38 heavy (non-hydrogen) atoms. The van der Waals surface area contributed by atoms with Gasteiger partial charge in [0.2, 0.25) is 5.91 Å². The van der Waals surface area contributed by atoms with Gasteiger partial charge in [-0.2, -0.15) is 0 Å². The van der Waals surface area contributed by atoms with Gasteiger partial charge in [-0.15, -0.1) is 0 Å². The predicted molar refractivity (Wildman–Crippen MR) is 149 cm³/mol. The summed E-state index contributed by atoms with van der Waals surface area (Å²) in [6, 6.07) is 21.5. The topological polar surface area (TPSA) is 75.3 Å². The number of anilines is 2. The molecular weight excluding hydrogens is 472 g/mol. The lowest BCUT2D eigenvalue weighted by molar-refractivity contribution is -0.124. The number of hydrogen-bond acceptors (Lipinski definition) is 3. The lowest BCUT2D eigenvalue weighted by Gasteiger charge is -2.56. The first-order valence-corrected chi connectivity index (χ1v) is 13.8. The van der Waals surface area contributed by atoms with E-state index in [9.17, 15) is 14.4 Å². The molecule has 2 amide bonds. The summed E-state index contributed by atoms with van der Waals surface area (Å²) in [6.45, 7) is 1.92. The van der Waals surface area contributed by atoms with Crippen molar-refractivity contribution in [2.45, 2.75) is 51.9 Å². The van der Waals surface area contributed by atoms with E-state index in [0.29, 0.717) is 34.5 Å². The van der Waals surface area contributed by atoms with Crippen molar-refractivity contribution >= 4 is 29.0 Å². The van der Waals surface area contributed by atoms with Crippen LogP contribution in [-0.4, -0.2) is 17.6 Å². The van der Waals surface area contributed by atoms with Crippen LogP contribution in [0.15, 0.2) is 72.8 Å². The van der Waals surface area contributed by atoms with E-state index in [2.05, 4.69) is 10.6 Å². The van der Waals surface area contributed by atoms with Crippen LogP contribution in [-0.2, 0) is 4.79 Å². The van der Waals surface area contributed by atoms with Crippen LogP contribution in [0, 0.1) is 30.1 Å². The van der Waals surface area contributed by atoms with Gasteiger partial charge in [0.05, 0.1) is 5.69 Å².